The van der Waals surface area contributed by atoms with Gasteiger partial charge >= 0.3 is 0 Å². The zero-order chi connectivity index (χ0) is 12.8. The second kappa shape index (κ2) is 6.75. The predicted octanol–water partition coefficient (Wildman–Crippen LogP) is 4.64. The minimum Gasteiger partial charge on any atom is -0.303 e. The van der Waals surface area contributed by atoms with E-state index in [1.165, 1.54) is 11.1 Å². The molecule has 0 heterocycles. The van der Waals surface area contributed by atoms with Gasteiger partial charge in [0.1, 0.15) is 6.29 Å². The summed E-state index contributed by atoms with van der Waals surface area (Å²) in [6.07, 6.45) is 6.11. The van der Waals surface area contributed by atoms with Gasteiger partial charge in [-0.05, 0) is 37.3 Å². The fraction of sp³-hybridized carbons (Fsp3) is 0.400. The fourth-order valence-electron chi connectivity index (χ4n) is 1.96. The molecule has 1 aromatic carbocycles. The molecular weight excluding hydrogens is 276 g/mol. The van der Waals surface area contributed by atoms with Crippen molar-refractivity contribution < 1.29 is 4.79 Å². The lowest BCUT2D eigenvalue weighted by molar-refractivity contribution is -0.111. The molecule has 0 aliphatic carbocycles. The summed E-state index contributed by atoms with van der Waals surface area (Å²) in [6, 6.07) is 6.23. The molecule has 0 N–H and O–H groups in total. The van der Waals surface area contributed by atoms with Crippen LogP contribution in [0.4, 0.5) is 0 Å². The first kappa shape index (κ1) is 14.2. The highest BCUT2D eigenvalue weighted by Crippen LogP contribution is 2.34. The first-order valence-corrected chi connectivity index (χ1v) is 6.72. The molecule has 2 heteroatoms. The van der Waals surface area contributed by atoms with Gasteiger partial charge in [-0.15, -0.1) is 0 Å². The number of hydrogen-bond acceptors (Lipinski definition) is 1. The SMILES string of the molecule is C/C=C/C[C@H](c1cccc(C)c1Br)[C@H](C)C=O. The van der Waals surface area contributed by atoms with Crippen LogP contribution in [0.3, 0.4) is 0 Å². The van der Waals surface area contributed by atoms with E-state index < -0.39 is 0 Å². The first-order valence-electron chi connectivity index (χ1n) is 5.93. The van der Waals surface area contributed by atoms with E-state index in [1.54, 1.807) is 0 Å². The first-order chi connectivity index (χ1) is 8.11. The lowest BCUT2D eigenvalue weighted by atomic mass is 9.85. The van der Waals surface area contributed by atoms with Crippen LogP contribution < -0.4 is 0 Å². The van der Waals surface area contributed by atoms with Crippen molar-refractivity contribution in [1.82, 2.24) is 0 Å². The molecule has 1 aromatic rings. The van der Waals surface area contributed by atoms with Crippen molar-refractivity contribution in [3.05, 3.63) is 46.0 Å². The van der Waals surface area contributed by atoms with Gasteiger partial charge in [0.2, 0.25) is 0 Å². The van der Waals surface area contributed by atoms with E-state index in [-0.39, 0.29) is 11.8 Å². The highest BCUT2D eigenvalue weighted by atomic mass is 79.9. The van der Waals surface area contributed by atoms with Gasteiger partial charge in [0.15, 0.2) is 0 Å². The van der Waals surface area contributed by atoms with Crippen molar-refractivity contribution in [3.63, 3.8) is 0 Å². The Morgan fingerprint density at radius 3 is 2.71 bits per heavy atom. The second-order valence-corrected chi connectivity index (χ2v) is 5.18. The summed E-state index contributed by atoms with van der Waals surface area (Å²) in [4.78, 5) is 11.0. The molecule has 0 bridgehead atoms. The number of allylic oxidation sites excluding steroid dienone is 2. The normalized spacial score (nSPS) is 14.8. The molecule has 0 radical (unpaired) electrons. The van der Waals surface area contributed by atoms with Crippen molar-refractivity contribution in [1.29, 1.82) is 0 Å². The molecule has 0 aliphatic rings. The molecule has 0 aliphatic heterocycles. The van der Waals surface area contributed by atoms with Crippen LogP contribution in [-0.4, -0.2) is 6.29 Å². The van der Waals surface area contributed by atoms with Crippen molar-refractivity contribution in [2.75, 3.05) is 0 Å². The molecule has 0 spiro atoms. The zero-order valence-electron chi connectivity index (χ0n) is 10.6. The number of carbonyl (C=O) groups is 1. The minimum absolute atomic E-state index is 0.0318. The summed E-state index contributed by atoms with van der Waals surface area (Å²) in [6.45, 7) is 6.07. The summed E-state index contributed by atoms with van der Waals surface area (Å²) >= 11 is 3.63. The number of rotatable bonds is 5. The molecule has 1 rings (SSSR count). The van der Waals surface area contributed by atoms with Crippen molar-refractivity contribution in [3.8, 4) is 0 Å². The third-order valence-corrected chi connectivity index (χ3v) is 4.18. The van der Waals surface area contributed by atoms with Crippen LogP contribution in [-0.2, 0) is 4.79 Å². The van der Waals surface area contributed by atoms with Crippen molar-refractivity contribution in [2.45, 2.75) is 33.1 Å². The van der Waals surface area contributed by atoms with Gasteiger partial charge in [-0.2, -0.15) is 0 Å². The number of benzene rings is 1. The topological polar surface area (TPSA) is 17.1 Å². The Hall–Kier alpha value is -0.890. The van der Waals surface area contributed by atoms with Crippen LogP contribution in [0.25, 0.3) is 0 Å². The van der Waals surface area contributed by atoms with Crippen LogP contribution in [0.1, 0.15) is 37.3 Å². The maximum Gasteiger partial charge on any atom is 0.123 e. The predicted molar refractivity (Wildman–Crippen MR) is 76.3 cm³/mol. The summed E-state index contributed by atoms with van der Waals surface area (Å²) in [5.41, 5.74) is 2.44. The lowest BCUT2D eigenvalue weighted by Gasteiger charge is -2.21. The van der Waals surface area contributed by atoms with Gasteiger partial charge in [-0.1, -0.05) is 53.2 Å². The molecule has 0 saturated heterocycles. The van der Waals surface area contributed by atoms with Gasteiger partial charge < -0.3 is 4.79 Å². The highest BCUT2D eigenvalue weighted by Gasteiger charge is 2.20. The van der Waals surface area contributed by atoms with Gasteiger partial charge in [-0.25, -0.2) is 0 Å². The lowest BCUT2D eigenvalue weighted by Crippen LogP contribution is -2.11. The van der Waals surface area contributed by atoms with Gasteiger partial charge in [0.25, 0.3) is 0 Å². The van der Waals surface area contributed by atoms with Gasteiger partial charge in [-0.3, -0.25) is 0 Å². The molecule has 92 valence electrons. The number of aryl methyl sites for hydroxylation is 1. The third kappa shape index (κ3) is 3.53. The van der Waals surface area contributed by atoms with E-state index in [9.17, 15) is 4.79 Å². The van der Waals surface area contributed by atoms with Crippen LogP contribution in [0.15, 0.2) is 34.8 Å². The van der Waals surface area contributed by atoms with E-state index in [0.717, 1.165) is 17.2 Å². The highest BCUT2D eigenvalue weighted by molar-refractivity contribution is 9.10. The van der Waals surface area contributed by atoms with Gasteiger partial charge in [0, 0.05) is 10.4 Å². The van der Waals surface area contributed by atoms with E-state index in [4.69, 9.17) is 0 Å². The zero-order valence-corrected chi connectivity index (χ0v) is 12.2. The van der Waals surface area contributed by atoms with Crippen LogP contribution in [0.5, 0.6) is 0 Å². The van der Waals surface area contributed by atoms with Crippen molar-refractivity contribution in [2.24, 2.45) is 5.92 Å². The monoisotopic (exact) mass is 294 g/mol. The Morgan fingerprint density at radius 2 is 2.12 bits per heavy atom. The Kier molecular flexibility index (Phi) is 5.63. The molecule has 0 saturated carbocycles. The standard InChI is InChI=1S/C15H19BrO/c1-4-5-8-13(12(3)10-17)14-9-6-7-11(2)15(14)16/h4-7,9-10,12-13H,8H2,1-3H3/b5-4+/t12-,13+/m1/s1. The fourth-order valence-corrected chi connectivity index (χ4v) is 2.52. The smallest absolute Gasteiger partial charge is 0.123 e. The number of hydrogen-bond donors (Lipinski definition) is 0. The summed E-state index contributed by atoms with van der Waals surface area (Å²) in [5, 5.41) is 0. The molecule has 0 unspecified atom stereocenters. The summed E-state index contributed by atoms with van der Waals surface area (Å²) in [7, 11) is 0. The Bertz CT molecular complexity index is 409. The quantitative estimate of drug-likeness (QED) is 0.571. The minimum atomic E-state index is 0.0318. The summed E-state index contributed by atoms with van der Waals surface area (Å²) in [5.74, 6) is 0.280. The number of carbonyl (C=O) groups excluding carboxylic acids is 1. The second-order valence-electron chi connectivity index (χ2n) is 4.38. The maximum absolute atomic E-state index is 11.0. The van der Waals surface area contributed by atoms with E-state index in [0.29, 0.717) is 0 Å². The molecule has 17 heavy (non-hydrogen) atoms. The Labute approximate surface area is 112 Å². The Morgan fingerprint density at radius 1 is 1.41 bits per heavy atom. The van der Waals surface area contributed by atoms with E-state index in [1.807, 2.05) is 19.9 Å². The Balaban J connectivity index is 3.11. The average Bonchev–Trinajstić information content (AvgIpc) is 2.34. The largest absolute Gasteiger partial charge is 0.303 e. The van der Waals surface area contributed by atoms with Gasteiger partial charge in [0.05, 0.1) is 0 Å². The average molecular weight is 295 g/mol. The molecule has 0 amide bonds. The maximum atomic E-state index is 11.0. The number of aldehydes is 1. The van der Waals surface area contributed by atoms with E-state index in [2.05, 4.69) is 47.1 Å². The number of halogens is 1. The molecule has 0 fully saturated rings. The molecular formula is C15H19BrO. The third-order valence-electron chi connectivity index (χ3n) is 3.10. The van der Waals surface area contributed by atoms with E-state index >= 15 is 0 Å². The molecule has 1 nitrogen and oxygen atoms in total. The molecule has 0 aromatic heterocycles. The van der Waals surface area contributed by atoms with Crippen LogP contribution >= 0.6 is 15.9 Å². The summed E-state index contributed by atoms with van der Waals surface area (Å²) < 4.78 is 1.13. The van der Waals surface area contributed by atoms with Crippen molar-refractivity contribution >= 4 is 22.2 Å². The molecule has 2 atom stereocenters. The van der Waals surface area contributed by atoms with Crippen LogP contribution in [0, 0.1) is 12.8 Å². The van der Waals surface area contributed by atoms with Crippen LogP contribution in [0.2, 0.25) is 0 Å².